The van der Waals surface area contributed by atoms with Gasteiger partial charge in [0, 0.05) is 32.5 Å². The fourth-order valence-corrected chi connectivity index (χ4v) is 8.75. The summed E-state index contributed by atoms with van der Waals surface area (Å²) >= 11 is 0. The van der Waals surface area contributed by atoms with Gasteiger partial charge in [-0.3, -0.25) is 0 Å². The molecule has 0 saturated carbocycles. The minimum absolute atomic E-state index is 0.875. The van der Waals surface area contributed by atoms with Crippen LogP contribution in [0, 0.1) is 0 Å². The summed E-state index contributed by atoms with van der Waals surface area (Å²) in [5.74, 6) is 0. The zero-order valence-corrected chi connectivity index (χ0v) is 26.8. The van der Waals surface area contributed by atoms with Crippen LogP contribution in [0.25, 0.3) is 120 Å². The first-order chi connectivity index (χ1) is 24.8. The van der Waals surface area contributed by atoms with E-state index in [-0.39, 0.29) is 0 Å². The molecule has 0 radical (unpaired) electrons. The predicted molar refractivity (Wildman–Crippen MR) is 211 cm³/mol. The van der Waals surface area contributed by atoms with Crippen molar-refractivity contribution in [2.24, 2.45) is 0 Å². The van der Waals surface area contributed by atoms with Crippen LogP contribution in [0.2, 0.25) is 0 Å². The first kappa shape index (κ1) is 26.3. The van der Waals surface area contributed by atoms with Gasteiger partial charge in [0.1, 0.15) is 22.3 Å². The molecule has 0 amide bonds. The molecule has 0 aliphatic carbocycles. The van der Waals surface area contributed by atoms with Gasteiger partial charge in [-0.2, -0.15) is 0 Å². The van der Waals surface area contributed by atoms with Crippen LogP contribution in [0.3, 0.4) is 0 Å². The summed E-state index contributed by atoms with van der Waals surface area (Å²) in [6, 6.07) is 57.1. The number of rotatable bonds is 2. The molecular formula is C48H26O2. The molecule has 2 nitrogen and oxygen atoms in total. The fourth-order valence-electron chi connectivity index (χ4n) is 8.75. The van der Waals surface area contributed by atoms with Crippen LogP contribution in [-0.4, -0.2) is 0 Å². The Hall–Kier alpha value is -6.64. The zero-order valence-electron chi connectivity index (χ0n) is 26.8. The van der Waals surface area contributed by atoms with Gasteiger partial charge < -0.3 is 8.83 Å². The third kappa shape index (κ3) is 3.42. The molecule has 50 heavy (non-hydrogen) atoms. The molecule has 0 spiro atoms. The molecule has 0 aliphatic heterocycles. The molecule has 0 fully saturated rings. The Morgan fingerprint density at radius 2 is 0.860 bits per heavy atom. The summed E-state index contributed by atoms with van der Waals surface area (Å²) in [4.78, 5) is 0. The maximum Gasteiger partial charge on any atom is 0.143 e. The highest BCUT2D eigenvalue weighted by atomic mass is 16.3. The van der Waals surface area contributed by atoms with E-state index in [1.807, 2.05) is 0 Å². The summed E-state index contributed by atoms with van der Waals surface area (Å²) in [6.45, 7) is 0. The molecule has 0 bridgehead atoms. The lowest BCUT2D eigenvalue weighted by atomic mass is 9.87. The maximum absolute atomic E-state index is 7.01. The van der Waals surface area contributed by atoms with Crippen molar-refractivity contribution in [1.82, 2.24) is 0 Å². The van der Waals surface area contributed by atoms with Crippen LogP contribution in [-0.2, 0) is 0 Å². The molecule has 0 unspecified atom stereocenters. The summed E-state index contributed by atoms with van der Waals surface area (Å²) < 4.78 is 13.6. The molecule has 0 saturated heterocycles. The molecule has 0 N–H and O–H groups in total. The molecule has 10 aromatic carbocycles. The van der Waals surface area contributed by atoms with E-state index in [2.05, 4.69) is 158 Å². The quantitative estimate of drug-likeness (QED) is 0.177. The van der Waals surface area contributed by atoms with Gasteiger partial charge in [-0.15, -0.1) is 0 Å². The van der Waals surface area contributed by atoms with Crippen LogP contribution in [0.1, 0.15) is 0 Å². The minimum atomic E-state index is 0.875. The van der Waals surface area contributed by atoms with Gasteiger partial charge >= 0.3 is 0 Å². The van der Waals surface area contributed by atoms with E-state index in [1.54, 1.807) is 0 Å². The topological polar surface area (TPSA) is 26.3 Å². The zero-order chi connectivity index (χ0) is 32.5. The Morgan fingerprint density at radius 3 is 1.74 bits per heavy atom. The highest BCUT2D eigenvalue weighted by Crippen LogP contribution is 2.48. The standard InChI is InChI=1S/C48H26O2/c1-2-9-32-26-42-40(25-31(32)8-1)46-37(34-20-18-30-16-15-28-10-5-11-29-19-21-36(34)44(30)43(28)29)23-24-38(48(46)50-42)35-13-6-14-41-45(35)39-22-17-27-7-3-4-12-33(27)47(39)49-41/h1-26H. The second-order valence-electron chi connectivity index (χ2n) is 13.6. The van der Waals surface area contributed by atoms with Crippen molar-refractivity contribution in [3.05, 3.63) is 158 Å². The van der Waals surface area contributed by atoms with E-state index in [4.69, 9.17) is 8.83 Å². The van der Waals surface area contributed by atoms with Crippen molar-refractivity contribution in [3.63, 3.8) is 0 Å². The van der Waals surface area contributed by atoms with Gasteiger partial charge in [0.05, 0.1) is 0 Å². The Bertz CT molecular complexity index is 3360. The van der Waals surface area contributed by atoms with Crippen molar-refractivity contribution in [2.45, 2.75) is 0 Å². The smallest absolute Gasteiger partial charge is 0.143 e. The van der Waals surface area contributed by atoms with Crippen molar-refractivity contribution >= 4 is 97.7 Å². The molecular weight excluding hydrogens is 609 g/mol. The highest BCUT2D eigenvalue weighted by Gasteiger charge is 2.23. The van der Waals surface area contributed by atoms with E-state index in [0.717, 1.165) is 60.4 Å². The number of benzene rings is 10. The van der Waals surface area contributed by atoms with E-state index in [0.29, 0.717) is 0 Å². The molecule has 12 aromatic rings. The van der Waals surface area contributed by atoms with Gasteiger partial charge in [0.15, 0.2) is 0 Å². The van der Waals surface area contributed by atoms with Crippen LogP contribution < -0.4 is 0 Å². The molecule has 230 valence electrons. The number of hydrogen-bond donors (Lipinski definition) is 0. The van der Waals surface area contributed by atoms with Crippen LogP contribution in [0.15, 0.2) is 167 Å². The normalized spacial score (nSPS) is 12.4. The van der Waals surface area contributed by atoms with Gasteiger partial charge in [0.25, 0.3) is 0 Å². The third-order valence-corrected chi connectivity index (χ3v) is 11.0. The van der Waals surface area contributed by atoms with Crippen molar-refractivity contribution in [2.75, 3.05) is 0 Å². The van der Waals surface area contributed by atoms with Gasteiger partial charge in [-0.25, -0.2) is 0 Å². The first-order valence-corrected chi connectivity index (χ1v) is 17.2. The first-order valence-electron chi connectivity index (χ1n) is 17.2. The molecule has 12 rings (SSSR count). The summed E-state index contributed by atoms with van der Waals surface area (Å²) in [6.07, 6.45) is 0. The van der Waals surface area contributed by atoms with E-state index in [9.17, 15) is 0 Å². The van der Waals surface area contributed by atoms with Crippen LogP contribution >= 0.6 is 0 Å². The minimum Gasteiger partial charge on any atom is -0.455 e. The second-order valence-corrected chi connectivity index (χ2v) is 13.6. The molecule has 2 heteroatoms. The highest BCUT2D eigenvalue weighted by molar-refractivity contribution is 6.28. The molecule has 2 aromatic heterocycles. The van der Waals surface area contributed by atoms with E-state index >= 15 is 0 Å². The van der Waals surface area contributed by atoms with Crippen LogP contribution in [0.5, 0.6) is 0 Å². The Balaban J connectivity index is 1.22. The SMILES string of the molecule is c1ccc2cc3c(cc2c1)oc1c(-c2cccc4oc5c6ccccc6ccc5c24)ccc(-c2ccc4ccc5cccc6ccc2c4c56)c13. The third-order valence-electron chi connectivity index (χ3n) is 11.0. The molecule has 0 atom stereocenters. The Morgan fingerprint density at radius 1 is 0.260 bits per heavy atom. The van der Waals surface area contributed by atoms with Crippen molar-refractivity contribution < 1.29 is 8.83 Å². The molecule has 2 heterocycles. The lowest BCUT2D eigenvalue weighted by Gasteiger charge is -2.15. The lowest BCUT2D eigenvalue weighted by Crippen LogP contribution is -1.89. The summed E-state index contributed by atoms with van der Waals surface area (Å²) in [5.41, 5.74) is 8.12. The second kappa shape index (κ2) is 9.49. The monoisotopic (exact) mass is 634 g/mol. The van der Waals surface area contributed by atoms with E-state index < -0.39 is 0 Å². The van der Waals surface area contributed by atoms with Gasteiger partial charge in [-0.1, -0.05) is 127 Å². The molecule has 0 aliphatic rings. The average Bonchev–Trinajstić information content (AvgIpc) is 3.75. The fraction of sp³-hybridized carbons (Fsp3) is 0. The average molecular weight is 635 g/mol. The number of hydrogen-bond acceptors (Lipinski definition) is 2. The largest absolute Gasteiger partial charge is 0.455 e. The van der Waals surface area contributed by atoms with Crippen molar-refractivity contribution in [1.29, 1.82) is 0 Å². The van der Waals surface area contributed by atoms with Crippen LogP contribution in [0.4, 0.5) is 0 Å². The Labute approximate surface area is 285 Å². The maximum atomic E-state index is 7.01. The summed E-state index contributed by atoms with van der Waals surface area (Å²) in [7, 11) is 0. The summed E-state index contributed by atoms with van der Waals surface area (Å²) in [5, 5.41) is 16.8. The predicted octanol–water partition coefficient (Wildman–Crippen LogP) is 14.0. The van der Waals surface area contributed by atoms with Gasteiger partial charge in [0.2, 0.25) is 0 Å². The van der Waals surface area contributed by atoms with Crippen molar-refractivity contribution in [3.8, 4) is 22.3 Å². The Kier molecular flexibility index (Phi) is 5.00. The number of fused-ring (bicyclic) bond motifs is 9. The number of furan rings is 2. The van der Waals surface area contributed by atoms with E-state index in [1.165, 1.54) is 59.6 Å². The lowest BCUT2D eigenvalue weighted by molar-refractivity contribution is 0.670. The van der Waals surface area contributed by atoms with Gasteiger partial charge in [-0.05, 0) is 95.5 Å².